The molecule has 1 saturated heterocycles. The van der Waals surface area contributed by atoms with Crippen LogP contribution in [0.1, 0.15) is 24.0 Å². The number of amides is 1. The number of piperidine rings is 1. The van der Waals surface area contributed by atoms with Crippen LogP contribution in [0.25, 0.3) is 0 Å². The van der Waals surface area contributed by atoms with Gasteiger partial charge in [0.1, 0.15) is 6.61 Å². The van der Waals surface area contributed by atoms with Crippen LogP contribution in [0, 0.1) is 0 Å². The van der Waals surface area contributed by atoms with Gasteiger partial charge in [-0.25, -0.2) is 8.42 Å². The molecule has 3 rings (SSSR count). The number of sulfonamides is 1. The number of ether oxygens (including phenoxy) is 1. The number of benzene rings is 2. The average Bonchev–Trinajstić information content (AvgIpc) is 2.79. The Morgan fingerprint density at radius 1 is 1.03 bits per heavy atom. The second-order valence-electron chi connectivity index (χ2n) is 7.36. The Morgan fingerprint density at radius 2 is 1.68 bits per heavy atom. The highest BCUT2D eigenvalue weighted by molar-refractivity contribution is 7.89. The maximum absolute atomic E-state index is 12.9. The van der Waals surface area contributed by atoms with E-state index in [1.165, 1.54) is 22.5 Å². The normalized spacial score (nSPS) is 15.2. The van der Waals surface area contributed by atoms with Crippen LogP contribution in [0.2, 0.25) is 0 Å². The van der Waals surface area contributed by atoms with Gasteiger partial charge in [0.2, 0.25) is 15.9 Å². The lowest BCUT2D eigenvalue weighted by Crippen LogP contribution is -2.46. The molecule has 8 heteroatoms. The van der Waals surface area contributed by atoms with Crippen molar-refractivity contribution in [2.75, 3.05) is 13.1 Å². The minimum Gasteiger partial charge on any atom is -0.461 e. The maximum Gasteiger partial charge on any atom is 0.310 e. The van der Waals surface area contributed by atoms with Gasteiger partial charge in [0.15, 0.2) is 0 Å². The molecule has 164 valence electrons. The van der Waals surface area contributed by atoms with Crippen LogP contribution in [0.4, 0.5) is 0 Å². The monoisotopic (exact) mass is 442 g/mol. The Morgan fingerprint density at radius 3 is 2.29 bits per heavy atom. The van der Waals surface area contributed by atoms with E-state index in [1.54, 1.807) is 12.1 Å². The first-order valence-corrected chi connectivity index (χ1v) is 11.5. The predicted octanol–water partition coefficient (Wildman–Crippen LogP) is 2.43. The van der Waals surface area contributed by atoms with Crippen molar-refractivity contribution in [3.8, 4) is 0 Å². The van der Waals surface area contributed by atoms with Crippen LogP contribution in [-0.4, -0.2) is 43.7 Å². The van der Waals surface area contributed by atoms with Gasteiger partial charge in [-0.3, -0.25) is 9.59 Å². The topological polar surface area (TPSA) is 92.8 Å². The summed E-state index contributed by atoms with van der Waals surface area (Å²) < 4.78 is 32.5. The summed E-state index contributed by atoms with van der Waals surface area (Å²) in [6.45, 7) is 4.29. The molecule has 1 N–H and O–H groups in total. The molecule has 0 atom stereocenters. The Kier molecular flexibility index (Phi) is 7.59. The lowest BCUT2D eigenvalue weighted by molar-refractivity contribution is -0.144. The van der Waals surface area contributed by atoms with E-state index in [1.807, 2.05) is 30.3 Å². The summed E-state index contributed by atoms with van der Waals surface area (Å²) in [7, 11) is -3.63. The molecule has 7 nitrogen and oxygen atoms in total. The highest BCUT2D eigenvalue weighted by Crippen LogP contribution is 2.21. The summed E-state index contributed by atoms with van der Waals surface area (Å²) in [5.74, 6) is -0.623. The van der Waals surface area contributed by atoms with Crippen LogP contribution in [0.5, 0.6) is 0 Å². The summed E-state index contributed by atoms with van der Waals surface area (Å²) in [6.07, 6.45) is 2.37. The molecule has 1 aliphatic rings. The summed E-state index contributed by atoms with van der Waals surface area (Å²) >= 11 is 0. The minimum atomic E-state index is -3.63. The van der Waals surface area contributed by atoms with Gasteiger partial charge in [-0.2, -0.15) is 4.31 Å². The molecule has 31 heavy (non-hydrogen) atoms. The van der Waals surface area contributed by atoms with E-state index in [2.05, 4.69) is 11.9 Å². The third-order valence-electron chi connectivity index (χ3n) is 5.14. The maximum atomic E-state index is 12.9. The molecule has 1 heterocycles. The predicted molar refractivity (Wildman–Crippen MR) is 117 cm³/mol. The standard InChI is InChI=1S/C23H26N2O5S/c1-2-22(26)24-20-12-14-25(15-13-20)31(28,29)21-10-8-18(9-11-21)16-23(27)30-17-19-6-4-3-5-7-19/h2-11,20H,1,12-17H2,(H,24,26). The lowest BCUT2D eigenvalue weighted by atomic mass is 10.1. The first kappa shape index (κ1) is 22.7. The van der Waals surface area contributed by atoms with Crippen LogP contribution >= 0.6 is 0 Å². The molecule has 1 aliphatic heterocycles. The third-order valence-corrected chi connectivity index (χ3v) is 7.05. The summed E-state index contributed by atoms with van der Waals surface area (Å²) in [4.78, 5) is 23.6. The fourth-order valence-corrected chi connectivity index (χ4v) is 4.85. The molecule has 1 amide bonds. The fraction of sp³-hybridized carbons (Fsp3) is 0.304. The summed E-state index contributed by atoms with van der Waals surface area (Å²) in [6, 6.07) is 15.6. The zero-order chi connectivity index (χ0) is 22.3. The molecule has 0 aromatic heterocycles. The van der Waals surface area contributed by atoms with Gasteiger partial charge in [0.05, 0.1) is 11.3 Å². The molecule has 0 spiro atoms. The van der Waals surface area contributed by atoms with E-state index in [0.29, 0.717) is 31.5 Å². The van der Waals surface area contributed by atoms with Crippen molar-refractivity contribution in [1.82, 2.24) is 9.62 Å². The van der Waals surface area contributed by atoms with Crippen molar-refractivity contribution < 1.29 is 22.7 Å². The first-order valence-electron chi connectivity index (χ1n) is 10.1. The molecule has 0 radical (unpaired) electrons. The largest absolute Gasteiger partial charge is 0.461 e. The second-order valence-corrected chi connectivity index (χ2v) is 9.30. The Labute approximate surface area is 182 Å². The van der Waals surface area contributed by atoms with Crippen molar-refractivity contribution in [2.45, 2.75) is 36.8 Å². The second kappa shape index (κ2) is 10.4. The van der Waals surface area contributed by atoms with E-state index in [4.69, 9.17) is 4.74 Å². The van der Waals surface area contributed by atoms with E-state index >= 15 is 0 Å². The number of hydrogen-bond acceptors (Lipinski definition) is 5. The molecule has 0 bridgehead atoms. The van der Waals surface area contributed by atoms with Gasteiger partial charge >= 0.3 is 5.97 Å². The van der Waals surface area contributed by atoms with Gasteiger partial charge in [0, 0.05) is 19.1 Å². The Hall–Kier alpha value is -2.97. The van der Waals surface area contributed by atoms with E-state index in [9.17, 15) is 18.0 Å². The smallest absolute Gasteiger partial charge is 0.310 e. The molecular formula is C23H26N2O5S. The summed E-state index contributed by atoms with van der Waals surface area (Å²) in [5, 5.41) is 2.80. The quantitative estimate of drug-likeness (QED) is 0.501. The number of hydrogen-bond donors (Lipinski definition) is 1. The first-order chi connectivity index (χ1) is 14.9. The third kappa shape index (κ3) is 6.26. The van der Waals surface area contributed by atoms with Crippen molar-refractivity contribution in [3.63, 3.8) is 0 Å². The number of esters is 1. The van der Waals surface area contributed by atoms with Crippen molar-refractivity contribution in [3.05, 3.63) is 78.4 Å². The highest BCUT2D eigenvalue weighted by Gasteiger charge is 2.29. The molecule has 0 unspecified atom stereocenters. The van der Waals surface area contributed by atoms with Crippen LogP contribution in [-0.2, 0) is 37.4 Å². The van der Waals surface area contributed by atoms with Gasteiger partial charge in [0.25, 0.3) is 0 Å². The number of nitrogens with one attached hydrogen (secondary N) is 1. The van der Waals surface area contributed by atoms with Gasteiger partial charge in [-0.1, -0.05) is 49.0 Å². The molecule has 0 aliphatic carbocycles. The molecule has 2 aromatic carbocycles. The van der Waals surface area contributed by atoms with Crippen molar-refractivity contribution >= 4 is 21.9 Å². The van der Waals surface area contributed by atoms with E-state index in [-0.39, 0.29) is 35.8 Å². The lowest BCUT2D eigenvalue weighted by Gasteiger charge is -2.31. The molecule has 2 aromatic rings. The van der Waals surface area contributed by atoms with Crippen LogP contribution < -0.4 is 5.32 Å². The summed E-state index contributed by atoms with van der Waals surface area (Å²) in [5.41, 5.74) is 1.59. The number of carbonyl (C=O) groups excluding carboxylic acids is 2. The Bertz CT molecular complexity index is 1010. The number of nitrogens with zero attached hydrogens (tertiary/aromatic N) is 1. The van der Waals surface area contributed by atoms with E-state index < -0.39 is 10.0 Å². The van der Waals surface area contributed by atoms with Crippen LogP contribution in [0.3, 0.4) is 0 Å². The van der Waals surface area contributed by atoms with Crippen LogP contribution in [0.15, 0.2) is 72.1 Å². The van der Waals surface area contributed by atoms with Crippen molar-refractivity contribution in [2.24, 2.45) is 0 Å². The fourth-order valence-electron chi connectivity index (χ4n) is 3.38. The van der Waals surface area contributed by atoms with Gasteiger partial charge in [-0.15, -0.1) is 0 Å². The van der Waals surface area contributed by atoms with Crippen molar-refractivity contribution in [1.29, 1.82) is 0 Å². The molecular weight excluding hydrogens is 416 g/mol. The molecule has 0 saturated carbocycles. The Balaban J connectivity index is 1.53. The SMILES string of the molecule is C=CC(=O)NC1CCN(S(=O)(=O)c2ccc(CC(=O)OCc3ccccc3)cc2)CC1. The zero-order valence-electron chi connectivity index (χ0n) is 17.2. The molecule has 1 fully saturated rings. The van der Waals surface area contributed by atoms with E-state index in [0.717, 1.165) is 5.56 Å². The highest BCUT2D eigenvalue weighted by atomic mass is 32.2. The zero-order valence-corrected chi connectivity index (χ0v) is 18.0. The van der Waals surface area contributed by atoms with Gasteiger partial charge < -0.3 is 10.1 Å². The van der Waals surface area contributed by atoms with Gasteiger partial charge in [-0.05, 0) is 42.2 Å². The number of rotatable bonds is 8. The number of carbonyl (C=O) groups is 2. The average molecular weight is 443 g/mol. The minimum absolute atomic E-state index is 0.0544.